The monoisotopic (exact) mass is 286 g/mol. The minimum atomic E-state index is -0.553. The first-order valence-corrected chi connectivity index (χ1v) is 6.61. The van der Waals surface area contributed by atoms with Gasteiger partial charge in [-0.1, -0.05) is 45.7 Å². The summed E-state index contributed by atoms with van der Waals surface area (Å²) in [4.78, 5) is 18.8. The first kappa shape index (κ1) is 15.6. The highest BCUT2D eigenvalue weighted by atomic mass is 35.5. The Morgan fingerprint density at radius 1 is 1.37 bits per heavy atom. The van der Waals surface area contributed by atoms with Crippen LogP contribution >= 0.6 is 11.6 Å². The average Bonchev–Trinajstić information content (AvgIpc) is 2.26. The molecule has 0 spiro atoms. The van der Waals surface area contributed by atoms with Crippen LogP contribution in [-0.2, 0) is 5.41 Å². The molecular weight excluding hydrogens is 268 g/mol. The zero-order valence-electron chi connectivity index (χ0n) is 11.7. The Morgan fingerprint density at radius 2 is 2.00 bits per heavy atom. The maximum absolute atomic E-state index is 11.0. The summed E-state index contributed by atoms with van der Waals surface area (Å²) in [5, 5.41) is 13.9. The number of aromatic nitrogens is 2. The molecule has 0 aliphatic heterocycles. The lowest BCUT2D eigenvalue weighted by Crippen LogP contribution is -2.19. The number of nitrogens with one attached hydrogen (secondary N) is 1. The maximum atomic E-state index is 11.0. The molecule has 0 unspecified atom stereocenters. The molecule has 0 atom stereocenters. The fraction of sp³-hybridized carbons (Fsp3) is 0.667. The third-order valence-corrected chi connectivity index (χ3v) is 2.78. The van der Waals surface area contributed by atoms with Gasteiger partial charge in [-0.15, -0.1) is 0 Å². The number of rotatable bonds is 5. The van der Waals surface area contributed by atoms with E-state index in [9.17, 15) is 10.1 Å². The highest BCUT2D eigenvalue weighted by molar-refractivity contribution is 6.31. The molecule has 7 heteroatoms. The van der Waals surface area contributed by atoms with Gasteiger partial charge in [-0.05, 0) is 6.42 Å². The van der Waals surface area contributed by atoms with Gasteiger partial charge in [0.15, 0.2) is 0 Å². The Balaban J connectivity index is 3.21. The number of unbranched alkanes of at least 4 members (excludes halogenated alkanes) is 1. The quantitative estimate of drug-likeness (QED) is 0.387. The fourth-order valence-corrected chi connectivity index (χ4v) is 1.67. The van der Waals surface area contributed by atoms with Gasteiger partial charge >= 0.3 is 5.69 Å². The summed E-state index contributed by atoms with van der Waals surface area (Å²) >= 11 is 5.92. The second kappa shape index (κ2) is 6.14. The fourth-order valence-electron chi connectivity index (χ4n) is 1.43. The summed E-state index contributed by atoms with van der Waals surface area (Å²) in [6, 6.07) is 0. The number of nitro groups is 1. The predicted molar refractivity (Wildman–Crippen MR) is 75.8 cm³/mol. The number of nitrogens with zero attached hydrogens (tertiary/aromatic N) is 3. The molecule has 0 aliphatic rings. The van der Waals surface area contributed by atoms with Gasteiger partial charge < -0.3 is 5.32 Å². The predicted octanol–water partition coefficient (Wildman–Crippen LogP) is 3.55. The first-order valence-electron chi connectivity index (χ1n) is 6.23. The Labute approximate surface area is 117 Å². The topological polar surface area (TPSA) is 81.0 Å². The van der Waals surface area contributed by atoms with Gasteiger partial charge in [-0.2, -0.15) is 0 Å². The van der Waals surface area contributed by atoms with Gasteiger partial charge in [-0.25, -0.2) is 9.97 Å². The molecule has 1 N–H and O–H groups in total. The third kappa shape index (κ3) is 4.02. The molecule has 0 aliphatic carbocycles. The van der Waals surface area contributed by atoms with E-state index in [0.717, 1.165) is 12.8 Å². The Morgan fingerprint density at radius 3 is 2.47 bits per heavy atom. The van der Waals surface area contributed by atoms with Gasteiger partial charge in [0.05, 0.1) is 4.92 Å². The second-order valence-electron chi connectivity index (χ2n) is 5.32. The van der Waals surface area contributed by atoms with Crippen LogP contribution in [0.4, 0.5) is 11.5 Å². The van der Waals surface area contributed by atoms with E-state index in [4.69, 9.17) is 11.6 Å². The number of hydrogen-bond donors (Lipinski definition) is 1. The summed E-state index contributed by atoms with van der Waals surface area (Å²) < 4.78 is 0. The molecule has 1 aromatic heterocycles. The largest absolute Gasteiger partial charge is 0.364 e. The van der Waals surface area contributed by atoms with Crippen molar-refractivity contribution in [2.24, 2.45) is 0 Å². The van der Waals surface area contributed by atoms with Crippen LogP contribution in [0.25, 0.3) is 0 Å². The molecule has 0 aromatic carbocycles. The van der Waals surface area contributed by atoms with Crippen LogP contribution in [-0.4, -0.2) is 21.4 Å². The van der Waals surface area contributed by atoms with Crippen molar-refractivity contribution in [3.8, 4) is 0 Å². The van der Waals surface area contributed by atoms with Crippen molar-refractivity contribution in [2.45, 2.75) is 46.0 Å². The van der Waals surface area contributed by atoms with E-state index >= 15 is 0 Å². The Bertz CT molecular complexity index is 472. The number of halogens is 1. The van der Waals surface area contributed by atoms with Gasteiger partial charge in [-0.3, -0.25) is 10.1 Å². The molecule has 1 rings (SSSR count). The lowest BCUT2D eigenvalue weighted by atomic mass is 9.96. The van der Waals surface area contributed by atoms with Crippen molar-refractivity contribution in [3.63, 3.8) is 0 Å². The van der Waals surface area contributed by atoms with Crippen LogP contribution in [0.15, 0.2) is 0 Å². The Kier molecular flexibility index (Phi) is 5.05. The van der Waals surface area contributed by atoms with Crippen LogP contribution in [0.2, 0.25) is 5.15 Å². The van der Waals surface area contributed by atoms with E-state index in [1.807, 2.05) is 27.7 Å². The molecule has 106 valence electrons. The number of anilines is 1. The van der Waals surface area contributed by atoms with E-state index < -0.39 is 4.92 Å². The van der Waals surface area contributed by atoms with Crippen molar-refractivity contribution in [3.05, 3.63) is 21.1 Å². The second-order valence-corrected chi connectivity index (χ2v) is 5.68. The van der Waals surface area contributed by atoms with Gasteiger partial charge in [0.1, 0.15) is 5.82 Å². The minimum Gasteiger partial charge on any atom is -0.364 e. The highest BCUT2D eigenvalue weighted by Gasteiger charge is 2.27. The van der Waals surface area contributed by atoms with Crippen LogP contribution in [0.5, 0.6) is 0 Å². The zero-order valence-corrected chi connectivity index (χ0v) is 12.4. The molecule has 1 aromatic rings. The normalized spacial score (nSPS) is 11.4. The molecule has 0 fully saturated rings. The van der Waals surface area contributed by atoms with Crippen LogP contribution in [0.3, 0.4) is 0 Å². The lowest BCUT2D eigenvalue weighted by Gasteiger charge is -2.18. The minimum absolute atomic E-state index is 0.121. The standard InChI is InChI=1S/C12H19ClN4O2/c1-5-6-7-14-10-8(17(18)19)9(13)15-11(16-10)12(2,3)4/h5-7H2,1-4H3,(H,14,15,16). The first-order chi connectivity index (χ1) is 8.77. The molecule has 0 saturated carbocycles. The summed E-state index contributed by atoms with van der Waals surface area (Å²) in [5.41, 5.74) is -0.578. The van der Waals surface area contributed by atoms with Crippen molar-refractivity contribution in [2.75, 3.05) is 11.9 Å². The molecule has 19 heavy (non-hydrogen) atoms. The van der Waals surface area contributed by atoms with Crippen LogP contribution in [0.1, 0.15) is 46.4 Å². The third-order valence-electron chi connectivity index (χ3n) is 2.52. The Hall–Kier alpha value is -1.43. The van der Waals surface area contributed by atoms with E-state index in [0.29, 0.717) is 12.4 Å². The average molecular weight is 287 g/mol. The zero-order chi connectivity index (χ0) is 14.6. The van der Waals surface area contributed by atoms with Crippen LogP contribution in [0, 0.1) is 10.1 Å². The van der Waals surface area contributed by atoms with Gasteiger partial charge in [0.25, 0.3) is 0 Å². The molecule has 0 amide bonds. The molecule has 0 radical (unpaired) electrons. The van der Waals surface area contributed by atoms with E-state index in [1.54, 1.807) is 0 Å². The smallest absolute Gasteiger partial charge is 0.348 e. The molecule has 6 nitrogen and oxygen atoms in total. The maximum Gasteiger partial charge on any atom is 0.348 e. The van der Waals surface area contributed by atoms with E-state index in [-0.39, 0.29) is 22.1 Å². The van der Waals surface area contributed by atoms with Crippen molar-refractivity contribution < 1.29 is 4.92 Å². The van der Waals surface area contributed by atoms with E-state index in [1.165, 1.54) is 0 Å². The lowest BCUT2D eigenvalue weighted by molar-refractivity contribution is -0.384. The molecule has 0 bridgehead atoms. The molecule has 0 saturated heterocycles. The van der Waals surface area contributed by atoms with Crippen molar-refractivity contribution >= 4 is 23.1 Å². The van der Waals surface area contributed by atoms with Gasteiger partial charge in [0, 0.05) is 12.0 Å². The highest BCUT2D eigenvalue weighted by Crippen LogP contribution is 2.32. The molecular formula is C12H19ClN4O2. The summed E-state index contributed by atoms with van der Waals surface area (Å²) in [6.45, 7) is 8.46. The summed E-state index contributed by atoms with van der Waals surface area (Å²) in [6.07, 6.45) is 1.90. The van der Waals surface area contributed by atoms with Gasteiger partial charge in [0.2, 0.25) is 11.0 Å². The van der Waals surface area contributed by atoms with Crippen molar-refractivity contribution in [1.29, 1.82) is 0 Å². The SMILES string of the molecule is CCCCNc1nc(C(C)(C)C)nc(Cl)c1[N+](=O)[O-]. The van der Waals surface area contributed by atoms with Crippen LogP contribution < -0.4 is 5.32 Å². The molecule has 1 heterocycles. The van der Waals surface area contributed by atoms with E-state index in [2.05, 4.69) is 15.3 Å². The summed E-state index contributed by atoms with van der Waals surface area (Å²) in [7, 11) is 0. The summed E-state index contributed by atoms with van der Waals surface area (Å²) in [5.74, 6) is 0.686. The van der Waals surface area contributed by atoms with Crippen molar-refractivity contribution in [1.82, 2.24) is 9.97 Å². The number of hydrogen-bond acceptors (Lipinski definition) is 5.